The molecule has 21 heavy (non-hydrogen) atoms. The van der Waals surface area contributed by atoms with Gasteiger partial charge in [0.2, 0.25) is 0 Å². The van der Waals surface area contributed by atoms with Gasteiger partial charge in [0, 0.05) is 0 Å². The van der Waals surface area contributed by atoms with E-state index in [2.05, 4.69) is 0 Å². The lowest BCUT2D eigenvalue weighted by Crippen LogP contribution is -1.97. The van der Waals surface area contributed by atoms with Crippen LogP contribution >= 0.6 is 22.6 Å². The maximum absolute atomic E-state index is 14.3. The second kappa shape index (κ2) is 6.85. The van der Waals surface area contributed by atoms with Crippen LogP contribution in [0.15, 0.2) is 30.3 Å². The monoisotopic (exact) mass is 399 g/mol. The van der Waals surface area contributed by atoms with Crippen LogP contribution in [0.4, 0.5) is 8.78 Å². The number of aryl methyl sites for hydroxylation is 1. The van der Waals surface area contributed by atoms with Gasteiger partial charge in [-0.25, -0.2) is 8.78 Å². The van der Waals surface area contributed by atoms with Crippen molar-refractivity contribution in [2.45, 2.75) is 20.0 Å². The summed E-state index contributed by atoms with van der Waals surface area (Å²) >= 11 is 1.98. The third kappa shape index (κ3) is 3.50. The molecule has 0 aliphatic heterocycles. The van der Waals surface area contributed by atoms with Gasteiger partial charge in [-0.15, -0.1) is 0 Å². The average molecular weight is 399 g/mol. The van der Waals surface area contributed by atoms with Gasteiger partial charge >= 0.3 is 0 Å². The molecule has 0 amide bonds. The molecule has 108 valence electrons. The largest absolute Gasteiger partial charge is 0.453 e. The molecular weight excluding hydrogens is 387 g/mol. The molecule has 0 fully saturated rings. The van der Waals surface area contributed by atoms with Crippen molar-refractivity contribution >= 4 is 22.6 Å². The third-order valence-electron chi connectivity index (χ3n) is 2.98. The maximum Gasteiger partial charge on any atom is 0.176 e. The van der Waals surface area contributed by atoms with Crippen LogP contribution in [-0.4, -0.2) is 0 Å². The topological polar surface area (TPSA) is 33.0 Å². The molecule has 2 aromatic carbocycles. The van der Waals surface area contributed by atoms with Gasteiger partial charge in [0.15, 0.2) is 11.6 Å². The Morgan fingerprint density at radius 1 is 1.29 bits per heavy atom. The first kappa shape index (κ1) is 15.7. The lowest BCUT2D eigenvalue weighted by atomic mass is 10.1. The molecule has 0 spiro atoms. The summed E-state index contributed by atoms with van der Waals surface area (Å²) in [6, 6.07) is 9.79. The van der Waals surface area contributed by atoms with Crippen molar-refractivity contribution in [3.63, 3.8) is 0 Å². The Hall–Kier alpha value is -1.68. The number of halogens is 3. The summed E-state index contributed by atoms with van der Waals surface area (Å²) in [6.45, 7) is 1.15. The maximum atomic E-state index is 14.3. The van der Waals surface area contributed by atoms with Crippen molar-refractivity contribution in [2.24, 2.45) is 0 Å². The minimum absolute atomic E-state index is 0.106. The fraction of sp³-hybridized carbons (Fsp3) is 0.188. The molecule has 2 nitrogen and oxygen atoms in total. The summed E-state index contributed by atoms with van der Waals surface area (Å²) in [6.07, 6.45) is 0.549. The molecule has 2 aromatic rings. The predicted octanol–water partition coefficient (Wildman–Crippen LogP) is 5.13. The van der Waals surface area contributed by atoms with Crippen molar-refractivity contribution in [3.8, 4) is 17.6 Å². The van der Waals surface area contributed by atoms with Crippen LogP contribution in [0.5, 0.6) is 11.5 Å². The van der Waals surface area contributed by atoms with Crippen molar-refractivity contribution < 1.29 is 13.5 Å². The van der Waals surface area contributed by atoms with E-state index < -0.39 is 12.5 Å². The van der Waals surface area contributed by atoms with E-state index >= 15 is 0 Å². The molecule has 5 heteroatoms. The van der Waals surface area contributed by atoms with E-state index in [1.807, 2.05) is 35.6 Å². The molecule has 0 heterocycles. The Morgan fingerprint density at radius 2 is 2.05 bits per heavy atom. The van der Waals surface area contributed by atoms with E-state index in [4.69, 9.17) is 10.00 Å². The molecule has 0 atom stereocenters. The van der Waals surface area contributed by atoms with Crippen molar-refractivity contribution in [2.75, 3.05) is 0 Å². The van der Waals surface area contributed by atoms with E-state index in [9.17, 15) is 8.78 Å². The highest BCUT2D eigenvalue weighted by Crippen LogP contribution is 2.32. The Bertz CT molecular complexity index is 710. The van der Waals surface area contributed by atoms with E-state index in [-0.39, 0.29) is 17.1 Å². The lowest BCUT2D eigenvalue weighted by Gasteiger charge is -2.12. The second-order valence-corrected chi connectivity index (χ2v) is 5.58. The van der Waals surface area contributed by atoms with Crippen molar-refractivity contribution in [1.29, 1.82) is 5.26 Å². The number of hydrogen-bond donors (Lipinski definition) is 0. The SMILES string of the molecule is CCc1ccc(I)c(Oc2cc(C#N)cc(CF)c2)c1F. The number of rotatable bonds is 4. The number of alkyl halides is 1. The zero-order chi connectivity index (χ0) is 15.4. The van der Waals surface area contributed by atoms with Gasteiger partial charge in [-0.1, -0.05) is 13.0 Å². The number of ether oxygens (including phenoxy) is 1. The zero-order valence-electron chi connectivity index (χ0n) is 11.3. The first-order chi connectivity index (χ1) is 10.1. The molecule has 0 unspecified atom stereocenters. The molecule has 0 aliphatic rings. The van der Waals surface area contributed by atoms with Gasteiger partial charge in [-0.2, -0.15) is 5.26 Å². The van der Waals surface area contributed by atoms with Crippen LogP contribution in [0.1, 0.15) is 23.6 Å². The lowest BCUT2D eigenvalue weighted by molar-refractivity contribution is 0.432. The third-order valence-corrected chi connectivity index (χ3v) is 3.83. The highest BCUT2D eigenvalue weighted by atomic mass is 127. The Labute approximate surface area is 135 Å². The van der Waals surface area contributed by atoms with Gasteiger partial charge in [0.1, 0.15) is 12.4 Å². The highest BCUT2D eigenvalue weighted by molar-refractivity contribution is 14.1. The fourth-order valence-corrected chi connectivity index (χ4v) is 2.45. The number of nitriles is 1. The summed E-state index contributed by atoms with van der Waals surface area (Å²) < 4.78 is 33.3. The number of hydrogen-bond acceptors (Lipinski definition) is 2. The van der Waals surface area contributed by atoms with Crippen LogP contribution in [0, 0.1) is 20.7 Å². The summed E-state index contributed by atoms with van der Waals surface area (Å²) in [7, 11) is 0. The van der Waals surface area contributed by atoms with E-state index in [0.717, 1.165) is 0 Å². The van der Waals surface area contributed by atoms with E-state index in [0.29, 0.717) is 21.1 Å². The summed E-state index contributed by atoms with van der Waals surface area (Å²) in [4.78, 5) is 0. The second-order valence-electron chi connectivity index (χ2n) is 4.42. The molecule has 0 N–H and O–H groups in total. The normalized spacial score (nSPS) is 10.2. The quantitative estimate of drug-likeness (QED) is 0.669. The van der Waals surface area contributed by atoms with Crippen LogP contribution in [0.3, 0.4) is 0 Å². The van der Waals surface area contributed by atoms with Crippen LogP contribution in [0.25, 0.3) is 0 Å². The highest BCUT2D eigenvalue weighted by Gasteiger charge is 2.14. The Balaban J connectivity index is 2.45. The molecule has 0 bridgehead atoms. The van der Waals surface area contributed by atoms with Crippen molar-refractivity contribution in [1.82, 2.24) is 0 Å². The van der Waals surface area contributed by atoms with Gasteiger partial charge < -0.3 is 4.74 Å². The molecule has 0 radical (unpaired) electrons. The first-order valence-electron chi connectivity index (χ1n) is 6.33. The molecule has 0 aromatic heterocycles. The smallest absolute Gasteiger partial charge is 0.176 e. The van der Waals surface area contributed by atoms with Crippen LogP contribution < -0.4 is 4.74 Å². The van der Waals surface area contributed by atoms with Crippen molar-refractivity contribution in [3.05, 3.63) is 56.4 Å². The molecule has 0 saturated carbocycles. The zero-order valence-corrected chi connectivity index (χ0v) is 13.4. The Morgan fingerprint density at radius 3 is 2.67 bits per heavy atom. The van der Waals surface area contributed by atoms with Gasteiger partial charge in [0.25, 0.3) is 0 Å². The summed E-state index contributed by atoms with van der Waals surface area (Å²) in [5.74, 6) is -0.0600. The molecule has 0 saturated heterocycles. The summed E-state index contributed by atoms with van der Waals surface area (Å²) in [5.41, 5.74) is 1.15. The van der Waals surface area contributed by atoms with Gasteiger partial charge in [-0.05, 0) is 64.4 Å². The fourth-order valence-electron chi connectivity index (χ4n) is 1.92. The Kier molecular flexibility index (Phi) is 5.12. The predicted molar refractivity (Wildman–Crippen MR) is 84.5 cm³/mol. The minimum Gasteiger partial charge on any atom is -0.453 e. The number of nitrogens with zero attached hydrogens (tertiary/aromatic N) is 1. The van der Waals surface area contributed by atoms with Crippen LogP contribution in [-0.2, 0) is 13.1 Å². The average Bonchev–Trinajstić information content (AvgIpc) is 2.51. The first-order valence-corrected chi connectivity index (χ1v) is 7.41. The van der Waals surface area contributed by atoms with E-state index in [1.54, 1.807) is 12.1 Å². The summed E-state index contributed by atoms with van der Waals surface area (Å²) in [5, 5.41) is 8.94. The van der Waals surface area contributed by atoms with Gasteiger partial charge in [-0.3, -0.25) is 0 Å². The molecule has 0 aliphatic carbocycles. The minimum atomic E-state index is -0.708. The van der Waals surface area contributed by atoms with E-state index in [1.165, 1.54) is 18.2 Å². The molecule has 2 rings (SSSR count). The number of benzene rings is 2. The standard InChI is InChI=1S/C16H12F2INO/c1-2-12-3-4-14(19)16(15(12)18)21-13-6-10(8-17)5-11(7-13)9-20/h3-7H,2,8H2,1H3. The van der Waals surface area contributed by atoms with Gasteiger partial charge in [0.05, 0.1) is 15.2 Å². The molecular formula is C16H12F2INO. The van der Waals surface area contributed by atoms with Crippen LogP contribution in [0.2, 0.25) is 0 Å².